The fourth-order valence-electron chi connectivity index (χ4n) is 6.96. The predicted octanol–water partition coefficient (Wildman–Crippen LogP) is 4.39. The summed E-state index contributed by atoms with van der Waals surface area (Å²) in [5.74, 6) is 2.48. The van der Waals surface area contributed by atoms with Gasteiger partial charge in [0.05, 0.1) is 25.2 Å². The fourth-order valence-corrected chi connectivity index (χ4v) is 6.96. The van der Waals surface area contributed by atoms with Crippen molar-refractivity contribution < 1.29 is 28.5 Å². The number of carbonyl (C=O) groups is 2. The minimum Gasteiger partial charge on any atom is -0.490 e. The van der Waals surface area contributed by atoms with Gasteiger partial charge >= 0.3 is 0 Å². The molecule has 4 heterocycles. The second kappa shape index (κ2) is 11.4. The first-order valence-corrected chi connectivity index (χ1v) is 15.3. The molecule has 1 saturated heterocycles. The van der Waals surface area contributed by atoms with Gasteiger partial charge in [-0.15, -0.1) is 0 Å². The Morgan fingerprint density at radius 3 is 2.40 bits per heavy atom. The molecular weight excluding hydrogens is 546 g/mol. The number of fused-ring (bicyclic) bond motifs is 5. The van der Waals surface area contributed by atoms with Crippen molar-refractivity contribution in [2.45, 2.75) is 38.8 Å². The van der Waals surface area contributed by atoms with E-state index in [1.54, 1.807) is 0 Å². The monoisotopic (exact) mass is 583 g/mol. The van der Waals surface area contributed by atoms with Crippen molar-refractivity contribution in [3.63, 3.8) is 0 Å². The summed E-state index contributed by atoms with van der Waals surface area (Å²) in [5, 5.41) is 0. The minimum atomic E-state index is -0.499. The summed E-state index contributed by atoms with van der Waals surface area (Å²) >= 11 is 0. The molecule has 0 bridgehead atoms. The highest BCUT2D eigenvalue weighted by Gasteiger charge is 2.48. The first-order chi connectivity index (χ1) is 21.1. The van der Waals surface area contributed by atoms with Crippen LogP contribution < -0.4 is 18.9 Å². The second-order valence-corrected chi connectivity index (χ2v) is 11.4. The van der Waals surface area contributed by atoms with E-state index in [0.717, 1.165) is 53.4 Å². The molecule has 0 aromatic heterocycles. The molecule has 0 unspecified atom stereocenters. The molecule has 7 rings (SSSR count). The van der Waals surface area contributed by atoms with Gasteiger partial charge in [0, 0.05) is 44.8 Å². The van der Waals surface area contributed by atoms with Gasteiger partial charge in [-0.3, -0.25) is 14.5 Å². The van der Waals surface area contributed by atoms with Crippen molar-refractivity contribution in [2.24, 2.45) is 0 Å². The van der Waals surface area contributed by atoms with Crippen LogP contribution in [0.25, 0.3) is 0 Å². The lowest BCUT2D eigenvalue weighted by atomic mass is 9.75. The van der Waals surface area contributed by atoms with E-state index >= 15 is 0 Å². The maximum absolute atomic E-state index is 14.5. The zero-order valence-corrected chi connectivity index (χ0v) is 24.7. The Morgan fingerprint density at radius 1 is 0.860 bits per heavy atom. The standard InChI is InChI=1S/C34H37N3O6/c1-3-40-29-18-23-11-12-37-32(26(23)19-30(29)41-4-2)31(24-7-5-6-8-25(24)33(37)38)34(39)36-15-13-35(14-16-36)20-22-9-10-27-28(17-22)43-21-42-27/h5-10,17-19,31-32H,3-4,11-16,20-21H2,1-2H3/t31-,32+/m0/s1. The van der Waals surface area contributed by atoms with Gasteiger partial charge in [-0.1, -0.05) is 24.3 Å². The lowest BCUT2D eigenvalue weighted by Gasteiger charge is -2.47. The summed E-state index contributed by atoms with van der Waals surface area (Å²) in [6.07, 6.45) is 0.700. The van der Waals surface area contributed by atoms with Crippen molar-refractivity contribution in [3.05, 3.63) is 82.4 Å². The van der Waals surface area contributed by atoms with Crippen molar-refractivity contribution >= 4 is 11.8 Å². The zero-order chi connectivity index (χ0) is 29.5. The number of amides is 2. The Bertz CT molecular complexity index is 1550. The number of hydrogen-bond acceptors (Lipinski definition) is 7. The molecule has 3 aromatic rings. The highest BCUT2D eigenvalue weighted by molar-refractivity contribution is 6.01. The van der Waals surface area contributed by atoms with Crippen LogP contribution in [0.5, 0.6) is 23.0 Å². The van der Waals surface area contributed by atoms with Crippen LogP contribution in [0.15, 0.2) is 54.6 Å². The number of piperazine rings is 1. The van der Waals surface area contributed by atoms with Gasteiger partial charge in [0.2, 0.25) is 12.7 Å². The third-order valence-electron chi connectivity index (χ3n) is 8.98. The number of rotatable bonds is 7. The van der Waals surface area contributed by atoms with E-state index in [-0.39, 0.29) is 18.6 Å². The molecule has 43 heavy (non-hydrogen) atoms. The Morgan fingerprint density at radius 2 is 1.60 bits per heavy atom. The predicted molar refractivity (Wildman–Crippen MR) is 160 cm³/mol. The summed E-state index contributed by atoms with van der Waals surface area (Å²) in [6, 6.07) is 17.3. The normalized spacial score (nSPS) is 20.7. The summed E-state index contributed by atoms with van der Waals surface area (Å²) < 4.78 is 22.9. The van der Waals surface area contributed by atoms with Crippen LogP contribution >= 0.6 is 0 Å². The average Bonchev–Trinajstić information content (AvgIpc) is 3.50. The smallest absolute Gasteiger partial charge is 0.254 e. The number of ether oxygens (including phenoxy) is 4. The molecule has 224 valence electrons. The van der Waals surface area contributed by atoms with Crippen LogP contribution in [0.1, 0.15) is 58.4 Å². The molecule has 9 nitrogen and oxygen atoms in total. The van der Waals surface area contributed by atoms with Crippen molar-refractivity contribution in [1.29, 1.82) is 0 Å². The van der Waals surface area contributed by atoms with Crippen LogP contribution in [0.3, 0.4) is 0 Å². The molecule has 2 amide bonds. The summed E-state index contributed by atoms with van der Waals surface area (Å²) in [4.78, 5) is 34.6. The van der Waals surface area contributed by atoms with Gasteiger partial charge in [-0.2, -0.15) is 0 Å². The second-order valence-electron chi connectivity index (χ2n) is 11.4. The average molecular weight is 584 g/mol. The van der Waals surface area contributed by atoms with Crippen LogP contribution in [0.2, 0.25) is 0 Å². The maximum atomic E-state index is 14.5. The lowest BCUT2D eigenvalue weighted by molar-refractivity contribution is -0.136. The van der Waals surface area contributed by atoms with Crippen LogP contribution in [0, 0.1) is 0 Å². The van der Waals surface area contributed by atoms with Gasteiger partial charge < -0.3 is 28.7 Å². The number of hydrogen-bond donors (Lipinski definition) is 0. The van der Waals surface area contributed by atoms with Crippen LogP contribution in [0.4, 0.5) is 0 Å². The fraction of sp³-hybridized carbons (Fsp3) is 0.412. The molecule has 0 saturated carbocycles. The topological polar surface area (TPSA) is 80.8 Å². The lowest BCUT2D eigenvalue weighted by Crippen LogP contribution is -2.54. The quantitative estimate of drug-likeness (QED) is 0.408. The van der Waals surface area contributed by atoms with E-state index in [0.29, 0.717) is 56.3 Å². The Balaban J connectivity index is 1.17. The number of carbonyl (C=O) groups excluding carboxylic acids is 2. The van der Waals surface area contributed by atoms with Crippen molar-refractivity contribution in [3.8, 4) is 23.0 Å². The van der Waals surface area contributed by atoms with Gasteiger partial charge in [0.25, 0.3) is 5.91 Å². The number of nitrogens with zero attached hydrogens (tertiary/aromatic N) is 3. The maximum Gasteiger partial charge on any atom is 0.254 e. The first-order valence-electron chi connectivity index (χ1n) is 15.3. The first kappa shape index (κ1) is 27.6. The molecule has 0 N–H and O–H groups in total. The Labute approximate surface area is 251 Å². The molecule has 4 aliphatic heterocycles. The largest absolute Gasteiger partial charge is 0.490 e. The van der Waals surface area contributed by atoms with E-state index in [1.807, 2.05) is 72.2 Å². The van der Waals surface area contributed by atoms with Crippen molar-refractivity contribution in [2.75, 3.05) is 52.7 Å². The molecule has 4 aliphatic rings. The highest BCUT2D eigenvalue weighted by atomic mass is 16.7. The summed E-state index contributed by atoms with van der Waals surface area (Å²) in [7, 11) is 0. The van der Waals surface area contributed by atoms with E-state index in [4.69, 9.17) is 18.9 Å². The summed E-state index contributed by atoms with van der Waals surface area (Å²) in [6.45, 7) is 9.32. The molecule has 2 atom stereocenters. The van der Waals surface area contributed by atoms with E-state index < -0.39 is 12.0 Å². The SMILES string of the molecule is CCOc1cc2c(cc1OCC)[C@@H]1[C@@H](C(=O)N3CCN(Cc4ccc5c(c4)OCO5)CC3)c3ccccc3C(=O)N1CC2. The van der Waals surface area contributed by atoms with E-state index in [1.165, 1.54) is 0 Å². The van der Waals surface area contributed by atoms with Crippen molar-refractivity contribution in [1.82, 2.24) is 14.7 Å². The van der Waals surface area contributed by atoms with Gasteiger partial charge in [0.15, 0.2) is 23.0 Å². The van der Waals surface area contributed by atoms with Crippen LogP contribution in [-0.2, 0) is 17.8 Å². The Kier molecular flexibility index (Phi) is 7.34. The third-order valence-corrected chi connectivity index (χ3v) is 8.98. The molecule has 9 heteroatoms. The van der Waals surface area contributed by atoms with Gasteiger partial charge in [0.1, 0.15) is 0 Å². The van der Waals surface area contributed by atoms with E-state index in [9.17, 15) is 9.59 Å². The molecule has 1 fully saturated rings. The number of benzene rings is 3. The molecule has 0 spiro atoms. The van der Waals surface area contributed by atoms with Gasteiger partial charge in [-0.05, 0) is 72.9 Å². The zero-order valence-electron chi connectivity index (χ0n) is 24.7. The summed E-state index contributed by atoms with van der Waals surface area (Å²) in [5.41, 5.74) is 4.67. The molecular formula is C34H37N3O6. The molecule has 0 radical (unpaired) electrons. The Hall–Kier alpha value is -4.24. The molecule has 3 aromatic carbocycles. The highest BCUT2D eigenvalue weighted by Crippen LogP contribution is 2.49. The van der Waals surface area contributed by atoms with Gasteiger partial charge in [-0.25, -0.2) is 0 Å². The minimum absolute atomic E-state index is 0.0179. The van der Waals surface area contributed by atoms with Crippen LogP contribution in [-0.4, -0.2) is 79.2 Å². The third kappa shape index (κ3) is 4.95. The van der Waals surface area contributed by atoms with E-state index in [2.05, 4.69) is 11.0 Å². The molecule has 0 aliphatic carbocycles.